The second kappa shape index (κ2) is 7.61. The minimum Gasteiger partial charge on any atom is -0.256 e. The van der Waals surface area contributed by atoms with Crippen molar-refractivity contribution in [2.75, 3.05) is 0 Å². The Morgan fingerprint density at radius 1 is 0.727 bits per heavy atom. The van der Waals surface area contributed by atoms with Gasteiger partial charge >= 0.3 is 12.4 Å². The summed E-state index contributed by atoms with van der Waals surface area (Å²) in [5, 5.41) is 0. The highest BCUT2D eigenvalue weighted by Gasteiger charge is 2.75. The summed E-state index contributed by atoms with van der Waals surface area (Å²) in [6, 6.07) is 12.6. The molecular weight excluding hydrogens is 440 g/mol. The Kier molecular flexibility index (Phi) is 5.07. The largest absolute Gasteiger partial charge is 0.411 e. The molecule has 33 heavy (non-hydrogen) atoms. The van der Waals surface area contributed by atoms with Crippen molar-refractivity contribution in [2.24, 2.45) is 0 Å². The van der Waals surface area contributed by atoms with Crippen LogP contribution in [0.3, 0.4) is 0 Å². The molecule has 7 heteroatoms. The van der Waals surface area contributed by atoms with Crippen LogP contribution in [-0.4, -0.2) is 17.3 Å². The topological polar surface area (TPSA) is 12.9 Å². The summed E-state index contributed by atoms with van der Waals surface area (Å²) in [5.74, 6) is 0.337. The zero-order chi connectivity index (χ0) is 23.4. The van der Waals surface area contributed by atoms with E-state index >= 15 is 0 Å². The summed E-state index contributed by atoms with van der Waals surface area (Å²) in [7, 11) is 0. The molecule has 1 aromatic heterocycles. The molecule has 0 spiro atoms. The molecule has 2 aliphatic rings. The Labute approximate surface area is 187 Å². The van der Waals surface area contributed by atoms with Gasteiger partial charge in [0.2, 0.25) is 5.41 Å². The van der Waals surface area contributed by atoms with Crippen molar-refractivity contribution in [3.8, 4) is 22.4 Å². The van der Waals surface area contributed by atoms with Crippen LogP contribution in [0.15, 0.2) is 60.8 Å². The van der Waals surface area contributed by atoms with Crippen molar-refractivity contribution in [3.63, 3.8) is 0 Å². The van der Waals surface area contributed by atoms with Crippen LogP contribution in [0.25, 0.3) is 22.4 Å². The fraction of sp³-hybridized carbons (Fsp3) is 0.346. The van der Waals surface area contributed by atoms with E-state index in [1.54, 1.807) is 12.3 Å². The lowest BCUT2D eigenvalue weighted by Crippen LogP contribution is -2.53. The SMILES string of the molecule is FC(F)(F)C1(C(F)(F)F)c2ccccc2-c2ccc(-c3cc(C4CCCCC4)ccn3)cc21. The molecule has 0 N–H and O–H groups in total. The molecular formula is C26H21F6N. The summed E-state index contributed by atoms with van der Waals surface area (Å²) in [6.07, 6.45) is -4.11. The summed E-state index contributed by atoms with van der Waals surface area (Å²) in [4.78, 5) is 4.29. The van der Waals surface area contributed by atoms with Crippen LogP contribution >= 0.6 is 0 Å². The van der Waals surface area contributed by atoms with E-state index in [-0.39, 0.29) is 16.7 Å². The van der Waals surface area contributed by atoms with Gasteiger partial charge in [-0.2, -0.15) is 26.3 Å². The zero-order valence-electron chi connectivity index (χ0n) is 17.6. The Morgan fingerprint density at radius 3 is 2.09 bits per heavy atom. The summed E-state index contributed by atoms with van der Waals surface area (Å²) in [5.41, 5.74) is -4.08. The van der Waals surface area contributed by atoms with Crippen molar-refractivity contribution in [1.29, 1.82) is 0 Å². The van der Waals surface area contributed by atoms with Gasteiger partial charge in [-0.25, -0.2) is 0 Å². The van der Waals surface area contributed by atoms with Gasteiger partial charge in [-0.1, -0.05) is 55.7 Å². The number of rotatable bonds is 2. The Bertz CT molecular complexity index is 1170. The van der Waals surface area contributed by atoms with Crippen LogP contribution in [0.5, 0.6) is 0 Å². The predicted molar refractivity (Wildman–Crippen MR) is 114 cm³/mol. The molecule has 2 aromatic carbocycles. The molecule has 1 saturated carbocycles. The third-order valence-corrected chi connectivity index (χ3v) is 7.05. The van der Waals surface area contributed by atoms with Crippen molar-refractivity contribution in [2.45, 2.75) is 55.8 Å². The zero-order valence-corrected chi connectivity index (χ0v) is 17.6. The van der Waals surface area contributed by atoms with E-state index < -0.39 is 28.9 Å². The number of aromatic nitrogens is 1. The number of pyridine rings is 1. The van der Waals surface area contributed by atoms with E-state index in [1.165, 1.54) is 30.7 Å². The molecule has 0 atom stereocenters. The van der Waals surface area contributed by atoms with Crippen molar-refractivity contribution >= 4 is 0 Å². The van der Waals surface area contributed by atoms with E-state index in [0.717, 1.165) is 43.4 Å². The first kappa shape index (κ1) is 22.0. The van der Waals surface area contributed by atoms with Gasteiger partial charge < -0.3 is 0 Å². The third kappa shape index (κ3) is 3.27. The van der Waals surface area contributed by atoms with Crippen LogP contribution in [0, 0.1) is 0 Å². The lowest BCUT2D eigenvalue weighted by molar-refractivity contribution is -0.287. The maximum atomic E-state index is 14.4. The van der Waals surface area contributed by atoms with E-state index in [0.29, 0.717) is 11.6 Å². The molecule has 0 aliphatic heterocycles. The Hall–Kier alpha value is -2.83. The molecule has 0 bridgehead atoms. The molecule has 3 aromatic rings. The maximum absolute atomic E-state index is 14.4. The van der Waals surface area contributed by atoms with E-state index in [9.17, 15) is 26.3 Å². The van der Waals surface area contributed by atoms with Gasteiger partial charge in [0.15, 0.2) is 0 Å². The first-order chi connectivity index (χ1) is 15.6. The van der Waals surface area contributed by atoms with Crippen molar-refractivity contribution < 1.29 is 26.3 Å². The fourth-order valence-corrected chi connectivity index (χ4v) is 5.50. The summed E-state index contributed by atoms with van der Waals surface area (Å²) < 4.78 is 86.2. The smallest absolute Gasteiger partial charge is 0.256 e. The quantitative estimate of drug-likeness (QED) is 0.351. The maximum Gasteiger partial charge on any atom is 0.411 e. The number of alkyl halides is 6. The molecule has 172 valence electrons. The van der Waals surface area contributed by atoms with Gasteiger partial charge in [-0.05, 0) is 64.8 Å². The van der Waals surface area contributed by atoms with E-state index in [1.807, 2.05) is 12.1 Å². The van der Waals surface area contributed by atoms with Crippen LogP contribution in [0.4, 0.5) is 26.3 Å². The average molecular weight is 461 g/mol. The van der Waals surface area contributed by atoms with Crippen molar-refractivity contribution in [3.05, 3.63) is 77.5 Å². The summed E-state index contributed by atoms with van der Waals surface area (Å²) in [6.45, 7) is 0. The number of hydrogen-bond donors (Lipinski definition) is 0. The molecule has 2 aliphatic carbocycles. The standard InChI is InChI=1S/C26H21F6N/c27-25(28,29)24(26(30,31)32)21-9-5-4-8-19(21)20-11-10-18(14-22(20)24)23-15-17(12-13-33-23)16-6-2-1-3-7-16/h4-5,8-16H,1-3,6-7H2. The van der Waals surface area contributed by atoms with Gasteiger partial charge in [0.25, 0.3) is 0 Å². The van der Waals surface area contributed by atoms with Gasteiger partial charge in [0, 0.05) is 11.8 Å². The number of halogens is 6. The molecule has 0 amide bonds. The predicted octanol–water partition coefficient (Wildman–Crippen LogP) is 8.19. The lowest BCUT2D eigenvalue weighted by atomic mass is 9.76. The number of benzene rings is 2. The molecule has 0 radical (unpaired) electrons. The molecule has 1 heterocycles. The normalized spacial score (nSPS) is 18.1. The van der Waals surface area contributed by atoms with E-state index in [2.05, 4.69) is 4.98 Å². The number of nitrogens with zero attached hydrogens (tertiary/aromatic N) is 1. The van der Waals surface area contributed by atoms with Crippen LogP contribution in [-0.2, 0) is 5.41 Å². The molecule has 5 rings (SSSR count). The van der Waals surface area contributed by atoms with Crippen LogP contribution in [0.1, 0.15) is 54.7 Å². The highest BCUT2D eigenvalue weighted by Crippen LogP contribution is 2.63. The van der Waals surface area contributed by atoms with Crippen LogP contribution in [0.2, 0.25) is 0 Å². The third-order valence-electron chi connectivity index (χ3n) is 7.05. The minimum atomic E-state index is -5.57. The lowest BCUT2D eigenvalue weighted by Gasteiger charge is -2.36. The molecule has 1 fully saturated rings. The highest BCUT2D eigenvalue weighted by molar-refractivity contribution is 5.84. The first-order valence-corrected chi connectivity index (χ1v) is 11.0. The minimum absolute atomic E-state index is 0.0439. The number of fused-ring (bicyclic) bond motifs is 3. The molecule has 0 unspecified atom stereocenters. The van der Waals surface area contributed by atoms with Gasteiger partial charge in [-0.3, -0.25) is 4.98 Å². The van der Waals surface area contributed by atoms with Gasteiger partial charge in [0.1, 0.15) is 0 Å². The van der Waals surface area contributed by atoms with Crippen molar-refractivity contribution in [1.82, 2.24) is 4.98 Å². The fourth-order valence-electron chi connectivity index (χ4n) is 5.50. The first-order valence-electron chi connectivity index (χ1n) is 11.0. The second-order valence-corrected chi connectivity index (χ2v) is 8.86. The van der Waals surface area contributed by atoms with Gasteiger partial charge in [-0.15, -0.1) is 0 Å². The second-order valence-electron chi connectivity index (χ2n) is 8.86. The average Bonchev–Trinajstić information content (AvgIpc) is 3.10. The monoisotopic (exact) mass is 461 g/mol. The van der Waals surface area contributed by atoms with Gasteiger partial charge in [0.05, 0.1) is 5.69 Å². The Balaban J connectivity index is 1.70. The summed E-state index contributed by atoms with van der Waals surface area (Å²) >= 11 is 0. The Morgan fingerprint density at radius 2 is 1.39 bits per heavy atom. The molecule has 1 nitrogen and oxygen atoms in total. The highest BCUT2D eigenvalue weighted by atomic mass is 19.4. The number of hydrogen-bond acceptors (Lipinski definition) is 1. The van der Waals surface area contributed by atoms with Crippen LogP contribution < -0.4 is 0 Å². The van der Waals surface area contributed by atoms with E-state index in [4.69, 9.17) is 0 Å². The molecule has 0 saturated heterocycles.